The molecule has 2 rings (SSSR count). The van der Waals surface area contributed by atoms with Gasteiger partial charge in [0.25, 0.3) is 0 Å². The third-order valence-electron chi connectivity index (χ3n) is 4.18. The molecule has 0 radical (unpaired) electrons. The van der Waals surface area contributed by atoms with Crippen LogP contribution in [0.1, 0.15) is 55.0 Å². The van der Waals surface area contributed by atoms with Gasteiger partial charge in [-0.1, -0.05) is 68.4 Å². The van der Waals surface area contributed by atoms with Crippen molar-refractivity contribution >= 4 is 5.91 Å². The third kappa shape index (κ3) is 5.18. The standard InChI is InChI=1S/C20H27N3O/c1-14(2)15-8-10-17(11-9-15)19(22)13-23-20(24)12-18(21)16-6-4-3-5-7-16/h3-11,14,18-19H,12-13,21-22H2,1-2H3,(H,23,24). The summed E-state index contributed by atoms with van der Waals surface area (Å²) in [4.78, 5) is 12.1. The van der Waals surface area contributed by atoms with Gasteiger partial charge in [0.2, 0.25) is 5.91 Å². The van der Waals surface area contributed by atoms with Crippen LogP contribution >= 0.6 is 0 Å². The Morgan fingerprint density at radius 2 is 1.42 bits per heavy atom. The molecule has 0 aliphatic carbocycles. The van der Waals surface area contributed by atoms with E-state index in [1.54, 1.807) is 0 Å². The molecule has 0 heterocycles. The van der Waals surface area contributed by atoms with Gasteiger partial charge < -0.3 is 16.8 Å². The quantitative estimate of drug-likeness (QED) is 0.732. The minimum absolute atomic E-state index is 0.0828. The molecule has 4 nitrogen and oxygen atoms in total. The van der Waals surface area contributed by atoms with Gasteiger partial charge in [-0.3, -0.25) is 4.79 Å². The summed E-state index contributed by atoms with van der Waals surface area (Å²) in [6.07, 6.45) is 0.253. The summed E-state index contributed by atoms with van der Waals surface area (Å²) in [5.74, 6) is 0.412. The number of hydrogen-bond donors (Lipinski definition) is 3. The fourth-order valence-electron chi connectivity index (χ4n) is 2.56. The largest absolute Gasteiger partial charge is 0.354 e. The fraction of sp³-hybridized carbons (Fsp3) is 0.350. The molecule has 2 atom stereocenters. The molecule has 2 aromatic carbocycles. The Bertz CT molecular complexity index is 638. The fourth-order valence-corrected chi connectivity index (χ4v) is 2.56. The molecule has 5 N–H and O–H groups in total. The highest BCUT2D eigenvalue weighted by molar-refractivity contribution is 5.76. The van der Waals surface area contributed by atoms with Crippen molar-refractivity contribution in [2.75, 3.05) is 6.54 Å². The number of carbonyl (C=O) groups excluding carboxylic acids is 1. The lowest BCUT2D eigenvalue weighted by molar-refractivity contribution is -0.121. The van der Waals surface area contributed by atoms with E-state index < -0.39 is 0 Å². The van der Waals surface area contributed by atoms with E-state index in [1.807, 2.05) is 42.5 Å². The molecule has 24 heavy (non-hydrogen) atoms. The van der Waals surface area contributed by atoms with Gasteiger partial charge in [-0.2, -0.15) is 0 Å². The number of nitrogens with two attached hydrogens (primary N) is 2. The lowest BCUT2D eigenvalue weighted by Gasteiger charge is -2.16. The van der Waals surface area contributed by atoms with E-state index in [1.165, 1.54) is 5.56 Å². The Balaban J connectivity index is 1.82. The molecule has 0 bridgehead atoms. The normalized spacial score (nSPS) is 13.5. The van der Waals surface area contributed by atoms with Crippen LogP contribution in [0.3, 0.4) is 0 Å². The molecule has 1 amide bonds. The second-order valence-electron chi connectivity index (χ2n) is 6.45. The Morgan fingerprint density at radius 1 is 0.875 bits per heavy atom. The van der Waals surface area contributed by atoms with Crippen LogP contribution in [0.2, 0.25) is 0 Å². The van der Waals surface area contributed by atoms with Crippen LogP contribution in [0.5, 0.6) is 0 Å². The van der Waals surface area contributed by atoms with Crippen LogP contribution in [-0.2, 0) is 4.79 Å². The number of carbonyl (C=O) groups is 1. The summed E-state index contributed by atoms with van der Waals surface area (Å²) in [7, 11) is 0. The van der Waals surface area contributed by atoms with Crippen LogP contribution in [0.15, 0.2) is 54.6 Å². The van der Waals surface area contributed by atoms with Gasteiger partial charge in [0.1, 0.15) is 0 Å². The number of benzene rings is 2. The minimum Gasteiger partial charge on any atom is -0.354 e. The molecular weight excluding hydrogens is 298 g/mol. The molecule has 0 saturated carbocycles. The Morgan fingerprint density at radius 3 is 2.00 bits per heavy atom. The molecule has 0 aliphatic heterocycles. The molecule has 128 valence electrons. The Kier molecular flexibility index (Phi) is 6.53. The van der Waals surface area contributed by atoms with Crippen molar-refractivity contribution in [3.8, 4) is 0 Å². The summed E-state index contributed by atoms with van der Waals surface area (Å²) < 4.78 is 0. The highest BCUT2D eigenvalue weighted by Gasteiger charge is 2.13. The number of amides is 1. The predicted octanol–water partition coefficient (Wildman–Crippen LogP) is 3.02. The van der Waals surface area contributed by atoms with Crippen LogP contribution in [0.4, 0.5) is 0 Å². The van der Waals surface area contributed by atoms with E-state index in [9.17, 15) is 4.79 Å². The van der Waals surface area contributed by atoms with Gasteiger partial charge in [-0.25, -0.2) is 0 Å². The highest BCUT2D eigenvalue weighted by atomic mass is 16.1. The summed E-state index contributed by atoms with van der Waals surface area (Å²) in [5.41, 5.74) is 15.5. The summed E-state index contributed by atoms with van der Waals surface area (Å²) in [6, 6.07) is 17.4. The SMILES string of the molecule is CC(C)c1ccc(C(N)CNC(=O)CC(N)c2ccccc2)cc1. The molecule has 0 saturated heterocycles. The van der Waals surface area contributed by atoms with Crippen molar-refractivity contribution in [1.29, 1.82) is 0 Å². The maximum Gasteiger partial charge on any atom is 0.221 e. The molecule has 2 unspecified atom stereocenters. The zero-order chi connectivity index (χ0) is 17.5. The molecule has 0 spiro atoms. The number of rotatable bonds is 7. The number of hydrogen-bond acceptors (Lipinski definition) is 3. The number of nitrogens with one attached hydrogen (secondary N) is 1. The van der Waals surface area contributed by atoms with E-state index in [4.69, 9.17) is 11.5 Å². The van der Waals surface area contributed by atoms with Gasteiger partial charge >= 0.3 is 0 Å². The van der Waals surface area contributed by atoms with Crippen LogP contribution in [0.25, 0.3) is 0 Å². The van der Waals surface area contributed by atoms with Crippen LogP contribution in [0, 0.1) is 0 Å². The average molecular weight is 325 g/mol. The third-order valence-corrected chi connectivity index (χ3v) is 4.18. The van der Waals surface area contributed by atoms with Crippen molar-refractivity contribution in [3.63, 3.8) is 0 Å². The monoisotopic (exact) mass is 325 g/mol. The van der Waals surface area contributed by atoms with E-state index in [-0.39, 0.29) is 24.4 Å². The predicted molar refractivity (Wildman–Crippen MR) is 98.5 cm³/mol. The summed E-state index contributed by atoms with van der Waals surface area (Å²) >= 11 is 0. The van der Waals surface area contributed by atoms with Gasteiger partial charge in [0, 0.05) is 25.0 Å². The van der Waals surface area contributed by atoms with Crippen LogP contribution in [-0.4, -0.2) is 12.5 Å². The van der Waals surface area contributed by atoms with E-state index in [0.29, 0.717) is 12.5 Å². The first kappa shape index (κ1) is 18.2. The van der Waals surface area contributed by atoms with Crippen molar-refractivity contribution < 1.29 is 4.79 Å². The smallest absolute Gasteiger partial charge is 0.221 e. The zero-order valence-electron chi connectivity index (χ0n) is 14.4. The molecule has 0 aromatic heterocycles. The second kappa shape index (κ2) is 8.62. The van der Waals surface area contributed by atoms with Crippen molar-refractivity contribution in [2.45, 2.75) is 38.3 Å². The summed E-state index contributed by atoms with van der Waals surface area (Å²) in [6.45, 7) is 4.72. The summed E-state index contributed by atoms with van der Waals surface area (Å²) in [5, 5.41) is 2.88. The average Bonchev–Trinajstić information content (AvgIpc) is 2.60. The highest BCUT2D eigenvalue weighted by Crippen LogP contribution is 2.18. The first-order chi connectivity index (χ1) is 11.5. The van der Waals surface area contributed by atoms with E-state index in [0.717, 1.165) is 11.1 Å². The molecule has 0 aliphatic rings. The van der Waals surface area contributed by atoms with E-state index in [2.05, 4.69) is 31.3 Å². The molecule has 0 fully saturated rings. The second-order valence-corrected chi connectivity index (χ2v) is 6.45. The van der Waals surface area contributed by atoms with E-state index >= 15 is 0 Å². The van der Waals surface area contributed by atoms with Gasteiger partial charge in [0.15, 0.2) is 0 Å². The van der Waals surface area contributed by atoms with Gasteiger partial charge in [0.05, 0.1) is 0 Å². The first-order valence-corrected chi connectivity index (χ1v) is 8.40. The van der Waals surface area contributed by atoms with Gasteiger partial charge in [-0.15, -0.1) is 0 Å². The minimum atomic E-state index is -0.298. The lowest BCUT2D eigenvalue weighted by Crippen LogP contribution is -2.33. The Labute approximate surface area is 144 Å². The van der Waals surface area contributed by atoms with Gasteiger partial charge in [-0.05, 0) is 22.6 Å². The first-order valence-electron chi connectivity index (χ1n) is 8.40. The lowest BCUT2D eigenvalue weighted by atomic mass is 9.99. The zero-order valence-corrected chi connectivity index (χ0v) is 14.4. The van der Waals surface area contributed by atoms with Crippen molar-refractivity contribution in [1.82, 2.24) is 5.32 Å². The Hall–Kier alpha value is -2.17. The molecule has 2 aromatic rings. The molecule has 4 heteroatoms. The maximum atomic E-state index is 12.1. The van der Waals surface area contributed by atoms with Crippen molar-refractivity contribution in [3.05, 3.63) is 71.3 Å². The molecular formula is C20H27N3O. The topological polar surface area (TPSA) is 81.1 Å². The van der Waals surface area contributed by atoms with Crippen molar-refractivity contribution in [2.24, 2.45) is 11.5 Å². The maximum absolute atomic E-state index is 12.1. The van der Waals surface area contributed by atoms with Crippen LogP contribution < -0.4 is 16.8 Å².